The molecule has 3 N–H and O–H groups in total. The molecule has 146 valence electrons. The molecule has 0 radical (unpaired) electrons. The molecule has 2 rings (SSSR count). The van der Waals surface area contributed by atoms with Crippen LogP contribution in [0.1, 0.15) is 23.6 Å². The first-order valence-corrected chi connectivity index (χ1v) is 10.3. The molecule has 0 aliphatic rings. The van der Waals surface area contributed by atoms with Crippen molar-refractivity contribution in [1.82, 2.24) is 15.4 Å². The van der Waals surface area contributed by atoms with Crippen molar-refractivity contribution in [3.05, 3.63) is 71.0 Å². The number of guanidine groups is 1. The Morgan fingerprint density at radius 2 is 1.70 bits per heavy atom. The summed E-state index contributed by atoms with van der Waals surface area (Å²) in [5, 5.41) is 6.23. The number of nitrogens with one attached hydrogen (secondary N) is 3. The van der Waals surface area contributed by atoms with Gasteiger partial charge in [0.2, 0.25) is 10.0 Å². The Morgan fingerprint density at radius 1 is 1.04 bits per heavy atom. The summed E-state index contributed by atoms with van der Waals surface area (Å²) in [6.07, 6.45) is 0. The van der Waals surface area contributed by atoms with E-state index in [9.17, 15) is 12.8 Å². The van der Waals surface area contributed by atoms with Crippen molar-refractivity contribution in [2.75, 3.05) is 13.6 Å². The molecule has 0 fully saturated rings. The first-order chi connectivity index (χ1) is 12.9. The maximum atomic E-state index is 13.7. The second-order valence-electron chi connectivity index (χ2n) is 5.92. The Kier molecular flexibility index (Phi) is 7.75. The highest BCUT2D eigenvalue weighted by Crippen LogP contribution is 2.09. The Bertz CT molecular complexity index is 868. The van der Waals surface area contributed by atoms with Gasteiger partial charge in [-0.25, -0.2) is 22.5 Å². The molecular formula is C19H25FN4O2S. The molecule has 0 aromatic heterocycles. The van der Waals surface area contributed by atoms with E-state index in [4.69, 9.17) is 0 Å². The number of rotatable bonds is 8. The second kappa shape index (κ2) is 10.0. The zero-order chi connectivity index (χ0) is 19.7. The summed E-state index contributed by atoms with van der Waals surface area (Å²) in [5.74, 6) is 0.274. The highest BCUT2D eigenvalue weighted by molar-refractivity contribution is 7.88. The Balaban J connectivity index is 1.98. The minimum atomic E-state index is -3.28. The molecular weight excluding hydrogens is 367 g/mol. The van der Waals surface area contributed by atoms with Gasteiger partial charge in [-0.2, -0.15) is 0 Å². The van der Waals surface area contributed by atoms with Crippen LogP contribution in [-0.2, 0) is 28.9 Å². The first-order valence-electron chi connectivity index (χ1n) is 8.68. The van der Waals surface area contributed by atoms with Gasteiger partial charge in [0.15, 0.2) is 5.96 Å². The molecule has 6 nitrogen and oxygen atoms in total. The zero-order valence-corrected chi connectivity index (χ0v) is 16.3. The predicted octanol–water partition coefficient (Wildman–Crippen LogP) is 2.13. The van der Waals surface area contributed by atoms with Crippen molar-refractivity contribution in [3.8, 4) is 0 Å². The van der Waals surface area contributed by atoms with Crippen LogP contribution in [0.25, 0.3) is 0 Å². The van der Waals surface area contributed by atoms with E-state index in [-0.39, 0.29) is 11.6 Å². The maximum absolute atomic E-state index is 13.7. The lowest BCUT2D eigenvalue weighted by Gasteiger charge is -2.12. The fourth-order valence-corrected chi connectivity index (χ4v) is 3.14. The minimum Gasteiger partial charge on any atom is -0.357 e. The standard InChI is InChI=1S/C19H25FN4O2S/c1-3-22-19(24-13-17-6-4-5-7-18(17)20)23-12-15-8-10-16(11-9-15)14-27(25,26)21-2/h4-11,21H,3,12-14H2,1-2H3,(H2,22,23,24). The number of aliphatic imine (C=N–C) groups is 1. The van der Waals surface area contributed by atoms with Crippen LogP contribution in [-0.4, -0.2) is 28.0 Å². The van der Waals surface area contributed by atoms with Crippen molar-refractivity contribution in [3.63, 3.8) is 0 Å². The molecule has 0 atom stereocenters. The van der Waals surface area contributed by atoms with E-state index in [0.29, 0.717) is 36.7 Å². The molecule has 0 spiro atoms. The molecule has 0 bridgehead atoms. The Hall–Kier alpha value is -2.45. The van der Waals surface area contributed by atoms with E-state index < -0.39 is 10.0 Å². The number of sulfonamides is 1. The SMILES string of the molecule is CCNC(=NCc1ccc(CS(=O)(=O)NC)cc1)NCc1ccccc1F. The fourth-order valence-electron chi connectivity index (χ4n) is 2.37. The highest BCUT2D eigenvalue weighted by atomic mass is 32.2. The largest absolute Gasteiger partial charge is 0.357 e. The molecule has 8 heteroatoms. The molecule has 27 heavy (non-hydrogen) atoms. The summed E-state index contributed by atoms with van der Waals surface area (Å²) in [6, 6.07) is 13.9. The summed E-state index contributed by atoms with van der Waals surface area (Å²) in [5.41, 5.74) is 2.23. The van der Waals surface area contributed by atoms with Crippen LogP contribution in [0.4, 0.5) is 4.39 Å². The average molecular weight is 393 g/mol. The molecule has 0 aliphatic heterocycles. The average Bonchev–Trinajstić information content (AvgIpc) is 2.66. The van der Waals surface area contributed by atoms with Crippen LogP contribution in [0.3, 0.4) is 0 Å². The number of hydrogen-bond donors (Lipinski definition) is 3. The van der Waals surface area contributed by atoms with Crippen molar-refractivity contribution >= 4 is 16.0 Å². The van der Waals surface area contributed by atoms with Crippen LogP contribution >= 0.6 is 0 Å². The predicted molar refractivity (Wildman–Crippen MR) is 106 cm³/mol. The summed E-state index contributed by atoms with van der Waals surface area (Å²) < 4.78 is 39.2. The zero-order valence-electron chi connectivity index (χ0n) is 15.5. The molecule has 0 saturated carbocycles. The molecule has 0 aliphatic carbocycles. The third kappa shape index (κ3) is 6.99. The van der Waals surface area contributed by atoms with E-state index in [0.717, 1.165) is 5.56 Å². The lowest BCUT2D eigenvalue weighted by molar-refractivity contribution is 0.587. The summed E-state index contributed by atoms with van der Waals surface area (Å²) >= 11 is 0. The number of hydrogen-bond acceptors (Lipinski definition) is 3. The van der Waals surface area contributed by atoms with Gasteiger partial charge in [-0.3, -0.25) is 0 Å². The van der Waals surface area contributed by atoms with Crippen molar-refractivity contribution in [2.24, 2.45) is 4.99 Å². The highest BCUT2D eigenvalue weighted by Gasteiger charge is 2.08. The quantitative estimate of drug-likeness (QED) is 0.475. The number of nitrogens with zero attached hydrogens (tertiary/aromatic N) is 1. The minimum absolute atomic E-state index is 0.0557. The van der Waals surface area contributed by atoms with Gasteiger partial charge in [-0.1, -0.05) is 42.5 Å². The van der Waals surface area contributed by atoms with Crippen LogP contribution in [0.15, 0.2) is 53.5 Å². The van der Waals surface area contributed by atoms with Crippen molar-refractivity contribution < 1.29 is 12.8 Å². The van der Waals surface area contributed by atoms with Gasteiger partial charge in [0.1, 0.15) is 5.82 Å². The van der Waals surface area contributed by atoms with Gasteiger partial charge in [0.05, 0.1) is 12.3 Å². The lowest BCUT2D eigenvalue weighted by atomic mass is 10.1. The number of benzene rings is 2. The van der Waals surface area contributed by atoms with Crippen LogP contribution in [0.2, 0.25) is 0 Å². The Morgan fingerprint density at radius 3 is 2.33 bits per heavy atom. The second-order valence-corrected chi connectivity index (χ2v) is 7.85. The monoisotopic (exact) mass is 392 g/mol. The van der Waals surface area contributed by atoms with Gasteiger partial charge in [-0.15, -0.1) is 0 Å². The summed E-state index contributed by atoms with van der Waals surface area (Å²) in [7, 11) is -1.89. The van der Waals surface area contributed by atoms with Gasteiger partial charge in [-0.05, 0) is 31.2 Å². The lowest BCUT2D eigenvalue weighted by Crippen LogP contribution is -2.37. The first kappa shape index (κ1) is 20.9. The van der Waals surface area contributed by atoms with Gasteiger partial charge in [0, 0.05) is 18.7 Å². The van der Waals surface area contributed by atoms with Gasteiger partial charge >= 0.3 is 0 Å². The van der Waals surface area contributed by atoms with E-state index in [1.807, 2.05) is 19.1 Å². The van der Waals surface area contributed by atoms with E-state index in [1.165, 1.54) is 13.1 Å². The van der Waals surface area contributed by atoms with Crippen LogP contribution in [0, 0.1) is 5.82 Å². The maximum Gasteiger partial charge on any atom is 0.215 e. The number of halogens is 1. The molecule has 2 aromatic rings. The third-order valence-corrected chi connectivity index (χ3v) is 5.19. The van der Waals surface area contributed by atoms with Crippen molar-refractivity contribution in [2.45, 2.75) is 25.8 Å². The summed E-state index contributed by atoms with van der Waals surface area (Å²) in [4.78, 5) is 4.49. The van der Waals surface area contributed by atoms with Crippen molar-refractivity contribution in [1.29, 1.82) is 0 Å². The van der Waals surface area contributed by atoms with Crippen LogP contribution in [0.5, 0.6) is 0 Å². The van der Waals surface area contributed by atoms with Crippen LogP contribution < -0.4 is 15.4 Å². The van der Waals surface area contributed by atoms with Gasteiger partial charge in [0.25, 0.3) is 0 Å². The molecule has 0 saturated heterocycles. The third-order valence-electron chi connectivity index (χ3n) is 3.86. The summed E-state index contributed by atoms with van der Waals surface area (Å²) in [6.45, 7) is 3.40. The fraction of sp³-hybridized carbons (Fsp3) is 0.316. The molecule has 0 heterocycles. The molecule has 0 amide bonds. The van der Waals surface area contributed by atoms with Gasteiger partial charge < -0.3 is 10.6 Å². The van der Waals surface area contributed by atoms with E-state index >= 15 is 0 Å². The normalized spacial score (nSPS) is 12.0. The van der Waals surface area contributed by atoms with E-state index in [1.54, 1.807) is 30.3 Å². The topological polar surface area (TPSA) is 82.6 Å². The smallest absolute Gasteiger partial charge is 0.215 e. The molecule has 0 unspecified atom stereocenters. The molecule has 2 aromatic carbocycles. The Labute approximate surface area is 160 Å². The van der Waals surface area contributed by atoms with E-state index in [2.05, 4.69) is 20.3 Å².